The van der Waals surface area contributed by atoms with Gasteiger partial charge < -0.3 is 0 Å². The standard InChI is InChI=1S/C10H18BrN3/c1-3-6-14-10(12-8-13-14)5-4-9(2)7-11/h8-9H,3-7H2,1-2H3. The molecule has 14 heavy (non-hydrogen) atoms. The molecule has 1 aromatic heterocycles. The maximum atomic E-state index is 4.28. The molecule has 4 heteroatoms. The second-order valence-corrected chi connectivity index (χ2v) is 4.35. The van der Waals surface area contributed by atoms with Gasteiger partial charge in [-0.2, -0.15) is 5.10 Å². The third kappa shape index (κ3) is 3.40. The molecule has 0 aromatic carbocycles. The van der Waals surface area contributed by atoms with Gasteiger partial charge in [-0.1, -0.05) is 29.8 Å². The van der Waals surface area contributed by atoms with Gasteiger partial charge in [-0.15, -0.1) is 0 Å². The number of halogens is 1. The Hall–Kier alpha value is -0.380. The largest absolute Gasteiger partial charge is 0.250 e. The minimum absolute atomic E-state index is 0.710. The van der Waals surface area contributed by atoms with Crippen LogP contribution < -0.4 is 0 Å². The van der Waals surface area contributed by atoms with Crippen molar-refractivity contribution in [1.82, 2.24) is 14.8 Å². The molecule has 1 unspecified atom stereocenters. The van der Waals surface area contributed by atoms with Gasteiger partial charge in [0, 0.05) is 18.3 Å². The van der Waals surface area contributed by atoms with Gasteiger partial charge in [0.15, 0.2) is 0 Å². The molecule has 0 spiro atoms. The molecule has 0 saturated heterocycles. The summed E-state index contributed by atoms with van der Waals surface area (Å²) in [7, 11) is 0. The van der Waals surface area contributed by atoms with Gasteiger partial charge in [-0.25, -0.2) is 4.98 Å². The number of alkyl halides is 1. The monoisotopic (exact) mass is 259 g/mol. The van der Waals surface area contributed by atoms with Crippen molar-refractivity contribution in [2.75, 3.05) is 5.33 Å². The van der Waals surface area contributed by atoms with Crippen LogP contribution in [0.3, 0.4) is 0 Å². The van der Waals surface area contributed by atoms with Crippen LogP contribution in [-0.2, 0) is 13.0 Å². The lowest BCUT2D eigenvalue weighted by Crippen LogP contribution is -2.07. The van der Waals surface area contributed by atoms with E-state index in [1.807, 2.05) is 4.68 Å². The van der Waals surface area contributed by atoms with Crippen molar-refractivity contribution >= 4 is 15.9 Å². The first-order valence-corrected chi connectivity index (χ1v) is 6.32. The van der Waals surface area contributed by atoms with E-state index in [9.17, 15) is 0 Å². The topological polar surface area (TPSA) is 30.7 Å². The second kappa shape index (κ2) is 6.17. The molecule has 0 amide bonds. The fourth-order valence-corrected chi connectivity index (χ4v) is 1.66. The van der Waals surface area contributed by atoms with Gasteiger partial charge in [0.1, 0.15) is 12.2 Å². The Morgan fingerprint density at radius 3 is 3.00 bits per heavy atom. The fourth-order valence-electron chi connectivity index (χ4n) is 1.33. The third-order valence-electron chi connectivity index (χ3n) is 2.26. The van der Waals surface area contributed by atoms with Gasteiger partial charge in [-0.3, -0.25) is 4.68 Å². The minimum Gasteiger partial charge on any atom is -0.250 e. The third-order valence-corrected chi connectivity index (χ3v) is 3.36. The van der Waals surface area contributed by atoms with Crippen LogP contribution in [-0.4, -0.2) is 20.1 Å². The zero-order chi connectivity index (χ0) is 10.4. The van der Waals surface area contributed by atoms with Gasteiger partial charge in [0.05, 0.1) is 0 Å². The van der Waals surface area contributed by atoms with E-state index in [2.05, 4.69) is 39.9 Å². The number of aryl methyl sites for hydroxylation is 2. The first kappa shape index (κ1) is 11.7. The van der Waals surface area contributed by atoms with E-state index >= 15 is 0 Å². The summed E-state index contributed by atoms with van der Waals surface area (Å²) in [5.41, 5.74) is 0. The number of hydrogen-bond acceptors (Lipinski definition) is 2. The summed E-state index contributed by atoms with van der Waals surface area (Å²) in [5.74, 6) is 1.83. The van der Waals surface area contributed by atoms with Crippen molar-refractivity contribution in [2.45, 2.75) is 39.7 Å². The molecular weight excluding hydrogens is 242 g/mol. The normalized spacial score (nSPS) is 13.1. The Kier molecular flexibility index (Phi) is 5.15. The van der Waals surface area contributed by atoms with E-state index in [-0.39, 0.29) is 0 Å². The van der Waals surface area contributed by atoms with Crippen molar-refractivity contribution < 1.29 is 0 Å². The first-order chi connectivity index (χ1) is 6.77. The number of rotatable bonds is 6. The predicted octanol–water partition coefficient (Wildman–Crippen LogP) is 2.65. The van der Waals surface area contributed by atoms with Crippen LogP contribution >= 0.6 is 15.9 Å². The molecule has 0 N–H and O–H groups in total. The molecule has 1 aromatic rings. The molecule has 3 nitrogen and oxygen atoms in total. The molecule has 0 aliphatic carbocycles. The fraction of sp³-hybridized carbons (Fsp3) is 0.800. The summed E-state index contributed by atoms with van der Waals surface area (Å²) < 4.78 is 2.01. The maximum absolute atomic E-state index is 4.28. The second-order valence-electron chi connectivity index (χ2n) is 3.70. The van der Waals surface area contributed by atoms with E-state index in [1.54, 1.807) is 6.33 Å². The van der Waals surface area contributed by atoms with Crippen LogP contribution in [0, 0.1) is 5.92 Å². The van der Waals surface area contributed by atoms with E-state index in [0.717, 1.165) is 30.5 Å². The Balaban J connectivity index is 2.45. The summed E-state index contributed by atoms with van der Waals surface area (Å²) >= 11 is 3.49. The van der Waals surface area contributed by atoms with Crippen molar-refractivity contribution in [3.63, 3.8) is 0 Å². The van der Waals surface area contributed by atoms with Crippen LogP contribution in [0.1, 0.15) is 32.5 Å². The van der Waals surface area contributed by atoms with Gasteiger partial charge >= 0.3 is 0 Å². The van der Waals surface area contributed by atoms with E-state index in [4.69, 9.17) is 0 Å². The smallest absolute Gasteiger partial charge is 0.138 e. The average Bonchev–Trinajstić information content (AvgIpc) is 2.62. The average molecular weight is 260 g/mol. The molecule has 0 bridgehead atoms. The van der Waals surface area contributed by atoms with E-state index in [0.29, 0.717) is 5.92 Å². The number of nitrogens with zero attached hydrogens (tertiary/aromatic N) is 3. The van der Waals surface area contributed by atoms with Crippen LogP contribution in [0.2, 0.25) is 0 Å². The summed E-state index contributed by atoms with van der Waals surface area (Å²) in [5, 5.41) is 5.27. The molecule has 1 rings (SSSR count). The van der Waals surface area contributed by atoms with Crippen molar-refractivity contribution in [3.05, 3.63) is 12.2 Å². The van der Waals surface area contributed by atoms with Crippen molar-refractivity contribution in [2.24, 2.45) is 5.92 Å². The molecule has 1 heterocycles. The van der Waals surface area contributed by atoms with Crippen molar-refractivity contribution in [1.29, 1.82) is 0 Å². The van der Waals surface area contributed by atoms with Gasteiger partial charge in [0.25, 0.3) is 0 Å². The lowest BCUT2D eigenvalue weighted by Gasteiger charge is -2.07. The van der Waals surface area contributed by atoms with Crippen LogP contribution in [0.15, 0.2) is 6.33 Å². The highest BCUT2D eigenvalue weighted by Gasteiger charge is 2.06. The molecular formula is C10H18BrN3. The molecule has 0 radical (unpaired) electrons. The highest BCUT2D eigenvalue weighted by molar-refractivity contribution is 9.09. The van der Waals surface area contributed by atoms with E-state index < -0.39 is 0 Å². The Morgan fingerprint density at radius 1 is 1.57 bits per heavy atom. The zero-order valence-corrected chi connectivity index (χ0v) is 10.5. The molecule has 0 aliphatic rings. The predicted molar refractivity (Wildman–Crippen MR) is 61.6 cm³/mol. The van der Waals surface area contributed by atoms with Gasteiger partial charge in [0.2, 0.25) is 0 Å². The lowest BCUT2D eigenvalue weighted by molar-refractivity contribution is 0.529. The number of aromatic nitrogens is 3. The summed E-state index contributed by atoms with van der Waals surface area (Å²) in [6.07, 6.45) is 4.98. The molecule has 0 fully saturated rings. The van der Waals surface area contributed by atoms with E-state index in [1.165, 1.54) is 6.42 Å². The Bertz CT molecular complexity index is 260. The Morgan fingerprint density at radius 2 is 2.36 bits per heavy atom. The summed E-state index contributed by atoms with van der Waals surface area (Å²) in [6.45, 7) is 5.39. The number of hydrogen-bond donors (Lipinski definition) is 0. The lowest BCUT2D eigenvalue weighted by atomic mass is 10.1. The Labute approximate surface area is 94.0 Å². The highest BCUT2D eigenvalue weighted by Crippen LogP contribution is 2.09. The summed E-state index contributed by atoms with van der Waals surface area (Å²) in [6, 6.07) is 0. The molecule has 80 valence electrons. The van der Waals surface area contributed by atoms with Crippen molar-refractivity contribution in [3.8, 4) is 0 Å². The molecule has 1 atom stereocenters. The summed E-state index contributed by atoms with van der Waals surface area (Å²) in [4.78, 5) is 4.28. The SMILES string of the molecule is CCCn1ncnc1CCC(C)CBr. The quantitative estimate of drug-likeness (QED) is 0.736. The van der Waals surface area contributed by atoms with Crippen LogP contribution in [0.5, 0.6) is 0 Å². The zero-order valence-electron chi connectivity index (χ0n) is 8.91. The van der Waals surface area contributed by atoms with Gasteiger partial charge in [-0.05, 0) is 18.8 Å². The molecule has 0 saturated carbocycles. The van der Waals surface area contributed by atoms with Crippen LogP contribution in [0.4, 0.5) is 0 Å². The highest BCUT2D eigenvalue weighted by atomic mass is 79.9. The van der Waals surface area contributed by atoms with Crippen LogP contribution in [0.25, 0.3) is 0 Å². The maximum Gasteiger partial charge on any atom is 0.138 e. The first-order valence-electron chi connectivity index (χ1n) is 5.20. The minimum atomic E-state index is 0.710. The molecule has 0 aliphatic heterocycles.